The first kappa shape index (κ1) is 14.7. The van der Waals surface area contributed by atoms with Gasteiger partial charge < -0.3 is 10.4 Å². The Labute approximate surface area is 111 Å². The number of carboxylic acids is 1. The largest absolute Gasteiger partial charge is 0.481 e. The maximum absolute atomic E-state index is 11.7. The summed E-state index contributed by atoms with van der Waals surface area (Å²) < 4.78 is 0. The van der Waals surface area contributed by atoms with Gasteiger partial charge in [0.25, 0.3) is 0 Å². The van der Waals surface area contributed by atoms with Crippen LogP contribution in [0.3, 0.4) is 0 Å². The third kappa shape index (κ3) is 5.82. The predicted molar refractivity (Wildman–Crippen MR) is 71.7 cm³/mol. The first-order valence-electron chi connectivity index (χ1n) is 5.89. The summed E-state index contributed by atoms with van der Waals surface area (Å²) in [6.45, 7) is 4.18. The molecule has 0 aromatic carbocycles. The van der Waals surface area contributed by atoms with Crippen molar-refractivity contribution in [3.63, 3.8) is 0 Å². The van der Waals surface area contributed by atoms with Crippen LogP contribution in [0, 0.1) is 5.41 Å². The van der Waals surface area contributed by atoms with Crippen molar-refractivity contribution in [1.82, 2.24) is 5.32 Å². The summed E-state index contributed by atoms with van der Waals surface area (Å²) in [6.07, 6.45) is 1.06. The zero-order valence-corrected chi connectivity index (χ0v) is 11.5. The SMILES string of the molecule is CC(C)(CC(=O)O)CC(=O)NCCc1ccsc1. The van der Waals surface area contributed by atoms with Gasteiger partial charge in [-0.3, -0.25) is 9.59 Å². The highest BCUT2D eigenvalue weighted by molar-refractivity contribution is 7.07. The van der Waals surface area contributed by atoms with Crippen LogP contribution in [-0.2, 0) is 16.0 Å². The van der Waals surface area contributed by atoms with Gasteiger partial charge in [0, 0.05) is 13.0 Å². The van der Waals surface area contributed by atoms with Crippen molar-refractivity contribution >= 4 is 23.2 Å². The van der Waals surface area contributed by atoms with E-state index in [2.05, 4.69) is 10.7 Å². The van der Waals surface area contributed by atoms with E-state index in [1.807, 2.05) is 11.4 Å². The molecule has 5 heteroatoms. The Morgan fingerprint density at radius 1 is 1.39 bits per heavy atom. The molecule has 18 heavy (non-hydrogen) atoms. The molecule has 0 aliphatic rings. The van der Waals surface area contributed by atoms with Crippen molar-refractivity contribution in [3.8, 4) is 0 Å². The van der Waals surface area contributed by atoms with Crippen molar-refractivity contribution < 1.29 is 14.7 Å². The Morgan fingerprint density at radius 2 is 2.11 bits per heavy atom. The van der Waals surface area contributed by atoms with Gasteiger partial charge in [-0.1, -0.05) is 13.8 Å². The molecule has 1 heterocycles. The van der Waals surface area contributed by atoms with E-state index in [0.29, 0.717) is 6.54 Å². The number of thiophene rings is 1. The van der Waals surface area contributed by atoms with E-state index in [-0.39, 0.29) is 18.7 Å². The molecule has 4 nitrogen and oxygen atoms in total. The van der Waals surface area contributed by atoms with Crippen LogP contribution in [0.4, 0.5) is 0 Å². The number of carbonyl (C=O) groups is 2. The van der Waals surface area contributed by atoms with Crippen LogP contribution in [0.2, 0.25) is 0 Å². The summed E-state index contributed by atoms with van der Waals surface area (Å²) in [5, 5.41) is 15.6. The van der Waals surface area contributed by atoms with Crippen LogP contribution in [-0.4, -0.2) is 23.5 Å². The molecule has 100 valence electrons. The fourth-order valence-corrected chi connectivity index (χ4v) is 2.45. The lowest BCUT2D eigenvalue weighted by Gasteiger charge is -2.21. The van der Waals surface area contributed by atoms with E-state index in [4.69, 9.17) is 5.11 Å². The number of hydrogen-bond donors (Lipinski definition) is 2. The summed E-state index contributed by atoms with van der Waals surface area (Å²) in [4.78, 5) is 22.3. The summed E-state index contributed by atoms with van der Waals surface area (Å²) in [7, 11) is 0. The number of carbonyl (C=O) groups excluding carboxylic acids is 1. The topological polar surface area (TPSA) is 66.4 Å². The van der Waals surface area contributed by atoms with Crippen molar-refractivity contribution in [1.29, 1.82) is 0 Å². The lowest BCUT2D eigenvalue weighted by atomic mass is 9.85. The fraction of sp³-hybridized carbons (Fsp3) is 0.538. The number of carboxylic acid groups (broad SMARTS) is 1. The van der Waals surface area contributed by atoms with Crippen LogP contribution < -0.4 is 5.32 Å². The van der Waals surface area contributed by atoms with Crippen LogP contribution in [0.25, 0.3) is 0 Å². The summed E-state index contributed by atoms with van der Waals surface area (Å²) in [5.74, 6) is -0.956. The molecule has 0 saturated carbocycles. The van der Waals surface area contributed by atoms with Gasteiger partial charge in [-0.25, -0.2) is 0 Å². The number of aliphatic carboxylic acids is 1. The van der Waals surface area contributed by atoms with Crippen LogP contribution in [0.5, 0.6) is 0 Å². The maximum Gasteiger partial charge on any atom is 0.303 e. The minimum Gasteiger partial charge on any atom is -0.481 e. The number of amides is 1. The van der Waals surface area contributed by atoms with E-state index in [1.54, 1.807) is 25.2 Å². The second-order valence-electron chi connectivity index (χ2n) is 5.14. The maximum atomic E-state index is 11.7. The highest BCUT2D eigenvalue weighted by Crippen LogP contribution is 2.24. The highest BCUT2D eigenvalue weighted by atomic mass is 32.1. The monoisotopic (exact) mass is 269 g/mol. The molecule has 1 aromatic rings. The quantitative estimate of drug-likeness (QED) is 0.798. The summed E-state index contributed by atoms with van der Waals surface area (Å²) in [5.41, 5.74) is 0.711. The Kier molecular flexibility index (Phi) is 5.34. The Bertz CT molecular complexity index is 398. The molecular formula is C13H19NO3S. The molecule has 1 aromatic heterocycles. The molecule has 1 amide bonds. The second kappa shape index (κ2) is 6.54. The van der Waals surface area contributed by atoms with Gasteiger partial charge in [0.2, 0.25) is 5.91 Å². The van der Waals surface area contributed by atoms with Gasteiger partial charge in [-0.15, -0.1) is 0 Å². The molecule has 0 radical (unpaired) electrons. The minimum absolute atomic E-state index is 0.00491. The summed E-state index contributed by atoms with van der Waals surface area (Å²) in [6, 6.07) is 2.03. The highest BCUT2D eigenvalue weighted by Gasteiger charge is 2.24. The van der Waals surface area contributed by atoms with Crippen LogP contribution in [0.1, 0.15) is 32.3 Å². The van der Waals surface area contributed by atoms with Gasteiger partial charge in [-0.2, -0.15) is 11.3 Å². The number of hydrogen-bond acceptors (Lipinski definition) is 3. The molecule has 0 fully saturated rings. The molecule has 0 spiro atoms. The molecule has 0 saturated heterocycles. The zero-order chi connectivity index (χ0) is 13.6. The molecule has 2 N–H and O–H groups in total. The molecular weight excluding hydrogens is 250 g/mol. The zero-order valence-electron chi connectivity index (χ0n) is 10.7. The van der Waals surface area contributed by atoms with Crippen LogP contribution in [0.15, 0.2) is 16.8 Å². The van der Waals surface area contributed by atoms with E-state index in [0.717, 1.165) is 6.42 Å². The average molecular weight is 269 g/mol. The number of nitrogens with one attached hydrogen (secondary N) is 1. The first-order valence-corrected chi connectivity index (χ1v) is 6.83. The van der Waals surface area contributed by atoms with Gasteiger partial charge in [0.15, 0.2) is 0 Å². The normalized spacial score (nSPS) is 11.2. The summed E-state index contributed by atoms with van der Waals surface area (Å²) >= 11 is 1.64. The Balaban J connectivity index is 2.26. The number of rotatable bonds is 7. The van der Waals surface area contributed by atoms with E-state index >= 15 is 0 Å². The van der Waals surface area contributed by atoms with Crippen LogP contribution >= 0.6 is 11.3 Å². The van der Waals surface area contributed by atoms with E-state index in [1.165, 1.54) is 5.56 Å². The third-order valence-electron chi connectivity index (χ3n) is 2.58. The van der Waals surface area contributed by atoms with Crippen molar-refractivity contribution in [2.45, 2.75) is 33.1 Å². The predicted octanol–water partition coefficient (Wildman–Crippen LogP) is 2.30. The van der Waals surface area contributed by atoms with E-state index in [9.17, 15) is 9.59 Å². The van der Waals surface area contributed by atoms with Crippen molar-refractivity contribution in [3.05, 3.63) is 22.4 Å². The Hall–Kier alpha value is -1.36. The first-order chi connectivity index (χ1) is 8.39. The standard InChI is InChI=1S/C13H19NO3S/c1-13(2,8-12(16)17)7-11(15)14-5-3-10-4-6-18-9-10/h4,6,9H,3,5,7-8H2,1-2H3,(H,14,15)(H,16,17). The second-order valence-corrected chi connectivity index (χ2v) is 5.92. The smallest absolute Gasteiger partial charge is 0.303 e. The molecule has 0 aliphatic heterocycles. The molecule has 0 unspecified atom stereocenters. The van der Waals surface area contributed by atoms with Crippen molar-refractivity contribution in [2.75, 3.05) is 6.54 Å². The Morgan fingerprint density at radius 3 is 2.67 bits per heavy atom. The van der Waals surface area contributed by atoms with Gasteiger partial charge in [0.1, 0.15) is 0 Å². The molecule has 0 aliphatic carbocycles. The van der Waals surface area contributed by atoms with E-state index < -0.39 is 11.4 Å². The molecule has 1 rings (SSSR count). The minimum atomic E-state index is -0.869. The van der Waals surface area contributed by atoms with Gasteiger partial charge >= 0.3 is 5.97 Å². The molecule has 0 bridgehead atoms. The van der Waals surface area contributed by atoms with Gasteiger partial charge in [-0.05, 0) is 34.2 Å². The molecule has 0 atom stereocenters. The average Bonchev–Trinajstić information content (AvgIpc) is 2.66. The third-order valence-corrected chi connectivity index (χ3v) is 3.32. The van der Waals surface area contributed by atoms with Gasteiger partial charge in [0.05, 0.1) is 6.42 Å². The van der Waals surface area contributed by atoms with Crippen molar-refractivity contribution in [2.24, 2.45) is 5.41 Å². The fourth-order valence-electron chi connectivity index (χ4n) is 1.75. The lowest BCUT2D eigenvalue weighted by molar-refractivity contribution is -0.139. The lowest BCUT2D eigenvalue weighted by Crippen LogP contribution is -2.31.